The van der Waals surface area contributed by atoms with Gasteiger partial charge in [-0.05, 0) is 25.2 Å². The summed E-state index contributed by atoms with van der Waals surface area (Å²) in [4.78, 5) is 37.7. The highest BCUT2D eigenvalue weighted by molar-refractivity contribution is 8.16. The van der Waals surface area contributed by atoms with Crippen molar-refractivity contribution in [1.29, 1.82) is 0 Å². The van der Waals surface area contributed by atoms with E-state index in [0.29, 0.717) is 32.2 Å². The molecule has 4 heterocycles. The molecule has 0 aromatic rings. The molecule has 2 saturated heterocycles. The lowest BCUT2D eigenvalue weighted by molar-refractivity contribution is -0.133. The molecule has 0 aromatic carbocycles. The van der Waals surface area contributed by atoms with Crippen molar-refractivity contribution in [2.24, 2.45) is 4.99 Å². The lowest BCUT2D eigenvalue weighted by Gasteiger charge is -2.43. The molecular weight excluding hydrogens is 378 g/mol. The fraction of sp³-hybridized carbons (Fsp3) is 0.737. The van der Waals surface area contributed by atoms with Gasteiger partial charge in [-0.25, -0.2) is 4.79 Å². The van der Waals surface area contributed by atoms with Crippen molar-refractivity contribution in [2.75, 3.05) is 59.0 Å². The summed E-state index contributed by atoms with van der Waals surface area (Å²) in [6, 6.07) is 0.387. The molecule has 4 aliphatic rings. The third-order valence-corrected chi connectivity index (χ3v) is 6.84. The number of amidine groups is 1. The van der Waals surface area contributed by atoms with Crippen LogP contribution in [-0.4, -0.2) is 102 Å². The number of nitrogens with zero attached hydrogens (tertiary/aromatic N) is 5. The number of thioether (sulfide) groups is 1. The first-order valence-corrected chi connectivity index (χ1v) is 11.1. The second kappa shape index (κ2) is 8.73. The molecule has 0 N–H and O–H groups in total. The van der Waals surface area contributed by atoms with Crippen molar-refractivity contribution in [3.8, 4) is 0 Å². The van der Waals surface area contributed by atoms with E-state index in [1.807, 2.05) is 11.8 Å². The molecule has 2 amide bonds. The lowest BCUT2D eigenvalue weighted by Crippen LogP contribution is -2.56. The van der Waals surface area contributed by atoms with Gasteiger partial charge in [-0.3, -0.25) is 14.7 Å². The van der Waals surface area contributed by atoms with Gasteiger partial charge < -0.3 is 19.4 Å². The Bertz CT molecular complexity index is 674. The number of piperidine rings is 1. The Kier molecular flexibility index (Phi) is 6.10. The Morgan fingerprint density at radius 2 is 2.00 bits per heavy atom. The molecule has 4 rings (SSSR count). The van der Waals surface area contributed by atoms with E-state index >= 15 is 0 Å². The Morgan fingerprint density at radius 3 is 2.79 bits per heavy atom. The topological polar surface area (TPSA) is 68.7 Å². The maximum atomic E-state index is 12.9. The van der Waals surface area contributed by atoms with E-state index in [1.54, 1.807) is 16.7 Å². The van der Waals surface area contributed by atoms with Gasteiger partial charge in [-0.15, -0.1) is 0 Å². The van der Waals surface area contributed by atoms with Gasteiger partial charge in [0.2, 0.25) is 5.91 Å². The van der Waals surface area contributed by atoms with E-state index in [2.05, 4.69) is 20.2 Å². The number of carbonyl (C=O) groups is 2. The molecule has 4 aliphatic heterocycles. The molecule has 0 bridgehead atoms. The van der Waals surface area contributed by atoms with Crippen molar-refractivity contribution in [1.82, 2.24) is 19.6 Å². The molecule has 0 radical (unpaired) electrons. The Balaban J connectivity index is 1.27. The Hall–Kier alpha value is -1.74. The number of hydrogen-bond donors (Lipinski definition) is 0. The molecular formula is C19H29N5O3S. The van der Waals surface area contributed by atoms with Crippen LogP contribution in [0.5, 0.6) is 0 Å². The van der Waals surface area contributed by atoms with Gasteiger partial charge in [0.05, 0.1) is 19.6 Å². The highest BCUT2D eigenvalue weighted by atomic mass is 32.2. The molecule has 2 fully saturated rings. The highest BCUT2D eigenvalue weighted by Gasteiger charge is 2.33. The molecule has 9 heteroatoms. The van der Waals surface area contributed by atoms with Crippen molar-refractivity contribution in [3.05, 3.63) is 11.1 Å². The smallest absolute Gasteiger partial charge is 0.409 e. The van der Waals surface area contributed by atoms with Crippen LogP contribution >= 0.6 is 11.8 Å². The van der Waals surface area contributed by atoms with Gasteiger partial charge in [0.15, 0.2) is 5.17 Å². The molecule has 0 aliphatic carbocycles. The largest absolute Gasteiger partial charge is 0.450 e. The molecule has 0 saturated carbocycles. The van der Waals surface area contributed by atoms with Crippen LogP contribution in [-0.2, 0) is 9.53 Å². The number of piperazine rings is 1. The predicted molar refractivity (Wildman–Crippen MR) is 109 cm³/mol. The van der Waals surface area contributed by atoms with E-state index < -0.39 is 0 Å². The van der Waals surface area contributed by atoms with Gasteiger partial charge in [0.25, 0.3) is 0 Å². The highest BCUT2D eigenvalue weighted by Crippen LogP contribution is 2.31. The number of ether oxygens (including phenoxy) is 1. The Labute approximate surface area is 170 Å². The molecule has 1 unspecified atom stereocenters. The summed E-state index contributed by atoms with van der Waals surface area (Å²) in [7, 11) is 0. The zero-order valence-electron chi connectivity index (χ0n) is 16.5. The second-order valence-electron chi connectivity index (χ2n) is 7.58. The summed E-state index contributed by atoms with van der Waals surface area (Å²) < 4.78 is 5.10. The first kappa shape index (κ1) is 19.6. The standard InChI is InChI=1S/C19H29N5O3S/c1-2-27-19(26)22-10-8-21(9-11-22)15-4-3-6-23(13-15)17(25)12-16-14-28-18-20-5-7-24(16)18/h14-15H,2-13H2,1H3. The monoisotopic (exact) mass is 407 g/mol. The number of amides is 2. The number of fused-ring (bicyclic) bond motifs is 1. The van der Waals surface area contributed by atoms with Crippen LogP contribution in [0, 0.1) is 0 Å². The molecule has 28 heavy (non-hydrogen) atoms. The van der Waals surface area contributed by atoms with Gasteiger partial charge in [-0.2, -0.15) is 0 Å². The second-order valence-corrected chi connectivity index (χ2v) is 8.41. The SMILES string of the molecule is CCOC(=O)N1CCN(C2CCCN(C(=O)CC3=CSC4=NCCN34)C2)CC1. The minimum atomic E-state index is -0.213. The molecule has 0 spiro atoms. The van der Waals surface area contributed by atoms with Gasteiger partial charge in [0.1, 0.15) is 0 Å². The van der Waals surface area contributed by atoms with Crippen molar-refractivity contribution >= 4 is 28.9 Å². The lowest BCUT2D eigenvalue weighted by atomic mass is 10.0. The Morgan fingerprint density at radius 1 is 1.18 bits per heavy atom. The molecule has 154 valence electrons. The van der Waals surface area contributed by atoms with Crippen LogP contribution in [0.25, 0.3) is 0 Å². The summed E-state index contributed by atoms with van der Waals surface area (Å²) >= 11 is 1.63. The summed E-state index contributed by atoms with van der Waals surface area (Å²) in [5.41, 5.74) is 1.09. The third kappa shape index (κ3) is 4.15. The van der Waals surface area contributed by atoms with Crippen molar-refractivity contribution < 1.29 is 14.3 Å². The van der Waals surface area contributed by atoms with Crippen molar-refractivity contribution in [2.45, 2.75) is 32.2 Å². The van der Waals surface area contributed by atoms with Crippen LogP contribution in [0.4, 0.5) is 4.79 Å². The van der Waals surface area contributed by atoms with Crippen molar-refractivity contribution in [3.63, 3.8) is 0 Å². The average Bonchev–Trinajstić information content (AvgIpc) is 3.33. The number of hydrogen-bond acceptors (Lipinski definition) is 7. The number of likely N-dealkylation sites (tertiary alicyclic amines) is 1. The minimum Gasteiger partial charge on any atom is -0.450 e. The number of aliphatic imine (C=N–C) groups is 1. The van der Waals surface area contributed by atoms with Crippen LogP contribution in [0.2, 0.25) is 0 Å². The quantitative estimate of drug-likeness (QED) is 0.702. The minimum absolute atomic E-state index is 0.213. The third-order valence-electron chi connectivity index (χ3n) is 5.89. The van der Waals surface area contributed by atoms with E-state index in [0.717, 1.165) is 63.0 Å². The summed E-state index contributed by atoms with van der Waals surface area (Å²) in [5.74, 6) is 0.217. The molecule has 0 aromatic heterocycles. The zero-order chi connectivity index (χ0) is 19.5. The van der Waals surface area contributed by atoms with Crippen LogP contribution in [0.3, 0.4) is 0 Å². The van der Waals surface area contributed by atoms with E-state index in [4.69, 9.17) is 4.74 Å². The summed E-state index contributed by atoms with van der Waals surface area (Å²) in [6.07, 6.45) is 2.41. The maximum absolute atomic E-state index is 12.9. The summed E-state index contributed by atoms with van der Waals surface area (Å²) in [5, 5.41) is 3.12. The number of carbonyl (C=O) groups excluding carboxylic acids is 2. The molecule has 1 atom stereocenters. The van der Waals surface area contributed by atoms with E-state index in [1.165, 1.54) is 0 Å². The van der Waals surface area contributed by atoms with E-state index in [9.17, 15) is 9.59 Å². The van der Waals surface area contributed by atoms with Gasteiger partial charge in [0, 0.05) is 57.6 Å². The summed E-state index contributed by atoms with van der Waals surface area (Å²) in [6.45, 7) is 8.71. The number of rotatable bonds is 4. The predicted octanol–water partition coefficient (Wildman–Crippen LogP) is 1.40. The first-order chi connectivity index (χ1) is 13.7. The van der Waals surface area contributed by atoms with Crippen LogP contribution in [0.15, 0.2) is 16.1 Å². The molecule has 8 nitrogen and oxygen atoms in total. The van der Waals surface area contributed by atoms with Gasteiger partial charge >= 0.3 is 6.09 Å². The zero-order valence-corrected chi connectivity index (χ0v) is 17.3. The first-order valence-electron chi connectivity index (χ1n) is 10.3. The van der Waals surface area contributed by atoms with Crippen LogP contribution < -0.4 is 0 Å². The normalized spacial score (nSPS) is 25.5. The maximum Gasteiger partial charge on any atom is 0.409 e. The fourth-order valence-corrected chi connectivity index (χ4v) is 5.30. The van der Waals surface area contributed by atoms with E-state index in [-0.39, 0.29) is 12.0 Å². The fourth-order valence-electron chi connectivity index (χ4n) is 4.35. The average molecular weight is 408 g/mol. The van der Waals surface area contributed by atoms with Gasteiger partial charge in [-0.1, -0.05) is 11.8 Å². The van der Waals surface area contributed by atoms with Crippen LogP contribution in [0.1, 0.15) is 26.2 Å².